The van der Waals surface area contributed by atoms with Gasteiger partial charge in [0.05, 0.1) is 6.42 Å². The van der Waals surface area contributed by atoms with E-state index in [-0.39, 0.29) is 12.3 Å². The van der Waals surface area contributed by atoms with Crippen LogP contribution in [0.4, 0.5) is 0 Å². The Hall–Kier alpha value is -3.24. The van der Waals surface area contributed by atoms with Crippen molar-refractivity contribution in [1.82, 2.24) is 5.43 Å². The average Bonchev–Trinajstić information content (AvgIpc) is 2.70. The van der Waals surface area contributed by atoms with Crippen molar-refractivity contribution >= 4 is 11.6 Å². The SMILES string of the molecule is O=C(Cc1ccccc1)N/N=C(\c1ccccc1)[C@@H](O)c1ccccc1. The molecular formula is C22H20N2O2. The van der Waals surface area contributed by atoms with E-state index in [4.69, 9.17) is 0 Å². The zero-order valence-corrected chi connectivity index (χ0v) is 14.2. The van der Waals surface area contributed by atoms with Crippen LogP contribution in [0.3, 0.4) is 0 Å². The third kappa shape index (κ3) is 4.65. The van der Waals surface area contributed by atoms with Gasteiger partial charge in [0.2, 0.25) is 5.91 Å². The number of rotatable bonds is 6. The monoisotopic (exact) mass is 344 g/mol. The van der Waals surface area contributed by atoms with Gasteiger partial charge >= 0.3 is 0 Å². The van der Waals surface area contributed by atoms with Crippen molar-refractivity contribution in [2.75, 3.05) is 0 Å². The summed E-state index contributed by atoms with van der Waals surface area (Å²) in [6, 6.07) is 28.1. The minimum absolute atomic E-state index is 0.230. The Labute approximate surface area is 152 Å². The first-order valence-corrected chi connectivity index (χ1v) is 8.43. The van der Waals surface area contributed by atoms with Crippen LogP contribution in [0.2, 0.25) is 0 Å². The van der Waals surface area contributed by atoms with Crippen molar-refractivity contribution in [2.24, 2.45) is 5.10 Å². The summed E-state index contributed by atoms with van der Waals surface area (Å²) in [6.07, 6.45) is -0.705. The summed E-state index contributed by atoms with van der Waals surface area (Å²) >= 11 is 0. The van der Waals surface area contributed by atoms with Gasteiger partial charge in [-0.15, -0.1) is 0 Å². The molecule has 3 aromatic rings. The fraction of sp³-hybridized carbons (Fsp3) is 0.0909. The molecule has 0 aromatic heterocycles. The third-order valence-corrected chi connectivity index (χ3v) is 3.95. The van der Waals surface area contributed by atoms with E-state index >= 15 is 0 Å². The molecule has 0 fully saturated rings. The Bertz CT molecular complexity index is 862. The molecule has 0 saturated carbocycles. The first-order chi connectivity index (χ1) is 12.7. The van der Waals surface area contributed by atoms with E-state index in [1.807, 2.05) is 91.0 Å². The molecule has 0 heterocycles. The lowest BCUT2D eigenvalue weighted by Crippen LogP contribution is -2.24. The van der Waals surface area contributed by atoms with E-state index < -0.39 is 6.10 Å². The van der Waals surface area contributed by atoms with Crippen molar-refractivity contribution in [3.8, 4) is 0 Å². The number of aliphatic hydroxyl groups excluding tert-OH is 1. The van der Waals surface area contributed by atoms with E-state index in [2.05, 4.69) is 10.5 Å². The minimum Gasteiger partial charge on any atom is -0.382 e. The van der Waals surface area contributed by atoms with Gasteiger partial charge in [0.15, 0.2) is 0 Å². The molecule has 0 radical (unpaired) electrons. The molecule has 2 N–H and O–H groups in total. The first-order valence-electron chi connectivity index (χ1n) is 8.43. The van der Waals surface area contributed by atoms with E-state index in [1.165, 1.54) is 0 Å². The quantitative estimate of drug-likeness (QED) is 0.531. The molecule has 0 aliphatic rings. The molecule has 0 aliphatic heterocycles. The molecule has 0 unspecified atom stereocenters. The Morgan fingerprint density at radius 1 is 0.846 bits per heavy atom. The van der Waals surface area contributed by atoms with Crippen LogP contribution in [0.15, 0.2) is 96.1 Å². The Morgan fingerprint density at radius 2 is 1.38 bits per heavy atom. The zero-order chi connectivity index (χ0) is 18.2. The fourth-order valence-electron chi connectivity index (χ4n) is 2.63. The lowest BCUT2D eigenvalue weighted by atomic mass is 9.99. The number of carbonyl (C=O) groups is 1. The van der Waals surface area contributed by atoms with E-state index in [1.54, 1.807) is 0 Å². The number of nitrogens with one attached hydrogen (secondary N) is 1. The van der Waals surface area contributed by atoms with Gasteiger partial charge in [-0.1, -0.05) is 91.0 Å². The molecule has 1 atom stereocenters. The number of nitrogens with zero attached hydrogens (tertiary/aromatic N) is 1. The highest BCUT2D eigenvalue weighted by Gasteiger charge is 2.17. The molecule has 4 nitrogen and oxygen atoms in total. The Kier molecular flexibility index (Phi) is 5.91. The van der Waals surface area contributed by atoms with Crippen LogP contribution in [-0.4, -0.2) is 16.7 Å². The van der Waals surface area contributed by atoms with Gasteiger partial charge in [-0.25, -0.2) is 5.43 Å². The lowest BCUT2D eigenvalue weighted by Gasteiger charge is -2.15. The number of carbonyl (C=O) groups excluding carboxylic acids is 1. The van der Waals surface area contributed by atoms with Crippen LogP contribution in [0.1, 0.15) is 22.8 Å². The second-order valence-corrected chi connectivity index (χ2v) is 5.87. The molecule has 130 valence electrons. The summed E-state index contributed by atoms with van der Waals surface area (Å²) in [4.78, 5) is 12.2. The Morgan fingerprint density at radius 3 is 2.00 bits per heavy atom. The summed E-state index contributed by atoms with van der Waals surface area (Å²) in [5, 5.41) is 15.0. The molecule has 3 rings (SSSR count). The molecule has 0 bridgehead atoms. The number of aliphatic hydroxyl groups is 1. The van der Waals surface area contributed by atoms with Gasteiger partial charge in [-0.3, -0.25) is 4.79 Å². The lowest BCUT2D eigenvalue weighted by molar-refractivity contribution is -0.120. The number of hydrogen-bond acceptors (Lipinski definition) is 3. The highest BCUT2D eigenvalue weighted by Crippen LogP contribution is 2.19. The largest absolute Gasteiger partial charge is 0.382 e. The standard InChI is InChI=1S/C22H20N2O2/c25-20(16-17-10-4-1-5-11-17)23-24-21(18-12-6-2-7-13-18)22(26)19-14-8-3-9-15-19/h1-15,22,26H,16H2,(H,23,25)/b24-21+/t22-/m0/s1. The van der Waals surface area contributed by atoms with Gasteiger partial charge in [0.25, 0.3) is 0 Å². The van der Waals surface area contributed by atoms with Crippen LogP contribution >= 0.6 is 0 Å². The average molecular weight is 344 g/mol. The molecule has 26 heavy (non-hydrogen) atoms. The van der Waals surface area contributed by atoms with Crippen LogP contribution < -0.4 is 5.43 Å². The predicted molar refractivity (Wildman–Crippen MR) is 103 cm³/mol. The van der Waals surface area contributed by atoms with Crippen molar-refractivity contribution in [3.05, 3.63) is 108 Å². The third-order valence-electron chi connectivity index (χ3n) is 3.95. The molecule has 0 aliphatic carbocycles. The summed E-state index contributed by atoms with van der Waals surface area (Å²) in [6.45, 7) is 0. The van der Waals surface area contributed by atoms with Crippen LogP contribution in [0.25, 0.3) is 0 Å². The minimum atomic E-state index is -0.935. The molecule has 3 aromatic carbocycles. The fourth-order valence-corrected chi connectivity index (χ4v) is 2.63. The molecule has 0 spiro atoms. The maximum atomic E-state index is 12.2. The van der Waals surface area contributed by atoms with Gasteiger partial charge in [0.1, 0.15) is 11.8 Å². The predicted octanol–water partition coefficient (Wildman–Crippen LogP) is 3.48. The number of amides is 1. The zero-order valence-electron chi connectivity index (χ0n) is 14.2. The normalized spacial score (nSPS) is 12.4. The summed E-state index contributed by atoms with van der Waals surface area (Å²) < 4.78 is 0. The van der Waals surface area contributed by atoms with Crippen molar-refractivity contribution in [3.63, 3.8) is 0 Å². The van der Waals surface area contributed by atoms with Crippen LogP contribution in [-0.2, 0) is 11.2 Å². The summed E-state index contributed by atoms with van der Waals surface area (Å²) in [5.41, 5.74) is 5.35. The maximum Gasteiger partial charge on any atom is 0.244 e. The molecule has 1 amide bonds. The van der Waals surface area contributed by atoms with Crippen molar-refractivity contribution in [2.45, 2.75) is 12.5 Å². The number of hydrazone groups is 1. The summed E-state index contributed by atoms with van der Waals surface area (Å²) in [5.74, 6) is -0.232. The van der Waals surface area contributed by atoms with Crippen molar-refractivity contribution in [1.29, 1.82) is 0 Å². The van der Waals surface area contributed by atoms with E-state index in [0.717, 1.165) is 11.1 Å². The Balaban J connectivity index is 1.81. The number of hydrogen-bond donors (Lipinski definition) is 2. The van der Waals surface area contributed by atoms with Crippen LogP contribution in [0.5, 0.6) is 0 Å². The number of benzene rings is 3. The highest BCUT2D eigenvalue weighted by atomic mass is 16.3. The van der Waals surface area contributed by atoms with E-state index in [0.29, 0.717) is 11.3 Å². The van der Waals surface area contributed by atoms with Gasteiger partial charge in [0, 0.05) is 5.56 Å². The first kappa shape index (κ1) is 17.6. The van der Waals surface area contributed by atoms with Gasteiger partial charge in [-0.2, -0.15) is 5.10 Å². The highest BCUT2D eigenvalue weighted by molar-refractivity contribution is 6.04. The van der Waals surface area contributed by atoms with E-state index in [9.17, 15) is 9.90 Å². The topological polar surface area (TPSA) is 61.7 Å². The maximum absolute atomic E-state index is 12.2. The van der Waals surface area contributed by atoms with Gasteiger partial charge < -0.3 is 5.11 Å². The van der Waals surface area contributed by atoms with Crippen LogP contribution in [0, 0.1) is 0 Å². The second-order valence-electron chi connectivity index (χ2n) is 5.87. The summed E-state index contributed by atoms with van der Waals surface area (Å²) in [7, 11) is 0. The van der Waals surface area contributed by atoms with Gasteiger partial charge in [-0.05, 0) is 11.1 Å². The molecular weight excluding hydrogens is 324 g/mol. The smallest absolute Gasteiger partial charge is 0.244 e. The van der Waals surface area contributed by atoms with Crippen molar-refractivity contribution < 1.29 is 9.90 Å². The molecule has 0 saturated heterocycles. The molecule has 4 heteroatoms. The second kappa shape index (κ2) is 8.74.